The van der Waals surface area contributed by atoms with E-state index in [1.54, 1.807) is 4.90 Å². The smallest absolute Gasteiger partial charge is 0.242 e. The number of hydrogen-bond donors (Lipinski definition) is 2. The molecule has 3 amide bonds. The van der Waals surface area contributed by atoms with Crippen LogP contribution in [0.3, 0.4) is 0 Å². The Morgan fingerprint density at radius 2 is 1.61 bits per heavy atom. The van der Waals surface area contributed by atoms with Gasteiger partial charge in [-0.05, 0) is 29.8 Å². The quantitative estimate of drug-likeness (QED) is 0.689. The Balaban J connectivity index is 1.46. The predicted molar refractivity (Wildman–Crippen MR) is 121 cm³/mol. The van der Waals surface area contributed by atoms with Gasteiger partial charge in [0.15, 0.2) is 0 Å². The van der Waals surface area contributed by atoms with Crippen LogP contribution in [0.1, 0.15) is 24.9 Å². The van der Waals surface area contributed by atoms with E-state index in [1.165, 1.54) is 6.92 Å². The second-order valence-electron chi connectivity index (χ2n) is 7.49. The van der Waals surface area contributed by atoms with E-state index >= 15 is 0 Å². The zero-order valence-electron chi connectivity index (χ0n) is 17.5. The topological polar surface area (TPSA) is 81.8 Å². The van der Waals surface area contributed by atoms with Gasteiger partial charge in [-0.2, -0.15) is 0 Å². The summed E-state index contributed by atoms with van der Waals surface area (Å²) in [6.45, 7) is 3.99. The Morgan fingerprint density at radius 3 is 2.23 bits per heavy atom. The second-order valence-corrected chi connectivity index (χ2v) is 7.93. The van der Waals surface area contributed by atoms with Crippen LogP contribution in [-0.2, 0) is 14.4 Å². The van der Waals surface area contributed by atoms with Crippen LogP contribution in [0.15, 0.2) is 54.6 Å². The fourth-order valence-electron chi connectivity index (χ4n) is 3.59. The van der Waals surface area contributed by atoms with E-state index in [-0.39, 0.29) is 30.7 Å². The molecule has 1 unspecified atom stereocenters. The predicted octanol–water partition coefficient (Wildman–Crippen LogP) is 2.37. The standard InChI is InChI=1S/C23H27ClN4O3/c1-17(29)26-21(18-5-3-2-4-6-18)15-22(30)25-16-23(31)28-13-11-27(12-14-28)20-9-7-19(24)8-10-20/h2-10,21H,11-16H2,1H3,(H,25,30)(H,26,29). The van der Waals surface area contributed by atoms with Gasteiger partial charge < -0.3 is 20.4 Å². The molecular formula is C23H27ClN4O3. The van der Waals surface area contributed by atoms with Gasteiger partial charge in [-0.15, -0.1) is 0 Å². The molecule has 2 aromatic carbocycles. The van der Waals surface area contributed by atoms with Crippen molar-refractivity contribution in [2.24, 2.45) is 0 Å². The SMILES string of the molecule is CC(=O)NC(CC(=O)NCC(=O)N1CCN(c2ccc(Cl)cc2)CC1)c1ccccc1. The van der Waals surface area contributed by atoms with Crippen molar-refractivity contribution < 1.29 is 14.4 Å². The van der Waals surface area contributed by atoms with Crippen LogP contribution in [0.2, 0.25) is 5.02 Å². The van der Waals surface area contributed by atoms with Crippen molar-refractivity contribution in [3.8, 4) is 0 Å². The molecule has 2 N–H and O–H groups in total. The summed E-state index contributed by atoms with van der Waals surface area (Å²) in [5, 5.41) is 6.18. The van der Waals surface area contributed by atoms with Crippen molar-refractivity contribution in [1.82, 2.24) is 15.5 Å². The lowest BCUT2D eigenvalue weighted by molar-refractivity contribution is -0.133. The number of nitrogens with one attached hydrogen (secondary N) is 2. The summed E-state index contributed by atoms with van der Waals surface area (Å²) >= 11 is 5.94. The Bertz CT molecular complexity index is 897. The molecule has 0 saturated carbocycles. The van der Waals surface area contributed by atoms with Crippen molar-refractivity contribution in [2.75, 3.05) is 37.6 Å². The van der Waals surface area contributed by atoms with E-state index in [1.807, 2.05) is 54.6 Å². The number of anilines is 1. The van der Waals surface area contributed by atoms with Crippen LogP contribution in [0, 0.1) is 0 Å². The van der Waals surface area contributed by atoms with Gasteiger partial charge in [-0.1, -0.05) is 41.9 Å². The summed E-state index contributed by atoms with van der Waals surface area (Å²) in [6, 6.07) is 16.5. The molecule has 1 atom stereocenters. The van der Waals surface area contributed by atoms with Crippen LogP contribution in [0.5, 0.6) is 0 Å². The highest BCUT2D eigenvalue weighted by atomic mass is 35.5. The monoisotopic (exact) mass is 442 g/mol. The molecule has 164 valence electrons. The second kappa shape index (κ2) is 10.8. The van der Waals surface area contributed by atoms with Crippen LogP contribution < -0.4 is 15.5 Å². The third kappa shape index (κ3) is 6.72. The number of carbonyl (C=O) groups is 3. The molecule has 31 heavy (non-hydrogen) atoms. The van der Waals surface area contributed by atoms with Gasteiger partial charge in [0, 0.05) is 43.8 Å². The van der Waals surface area contributed by atoms with Gasteiger partial charge in [0.1, 0.15) is 0 Å². The van der Waals surface area contributed by atoms with Crippen molar-refractivity contribution in [3.05, 3.63) is 65.2 Å². The highest BCUT2D eigenvalue weighted by Crippen LogP contribution is 2.19. The maximum Gasteiger partial charge on any atom is 0.242 e. The van der Waals surface area contributed by atoms with E-state index in [4.69, 9.17) is 11.6 Å². The fourth-order valence-corrected chi connectivity index (χ4v) is 3.72. The Labute approximate surface area is 187 Å². The summed E-state index contributed by atoms with van der Waals surface area (Å²) in [4.78, 5) is 40.4. The Kier molecular flexibility index (Phi) is 7.89. The molecule has 7 nitrogen and oxygen atoms in total. The minimum Gasteiger partial charge on any atom is -0.368 e. The number of nitrogens with zero attached hydrogens (tertiary/aromatic N) is 2. The largest absolute Gasteiger partial charge is 0.368 e. The van der Waals surface area contributed by atoms with Gasteiger partial charge in [0.2, 0.25) is 17.7 Å². The number of benzene rings is 2. The molecule has 1 aliphatic heterocycles. The summed E-state index contributed by atoms with van der Waals surface area (Å²) in [5.41, 5.74) is 1.92. The highest BCUT2D eigenvalue weighted by molar-refractivity contribution is 6.30. The van der Waals surface area contributed by atoms with Gasteiger partial charge >= 0.3 is 0 Å². The maximum absolute atomic E-state index is 12.5. The Morgan fingerprint density at radius 1 is 0.968 bits per heavy atom. The lowest BCUT2D eigenvalue weighted by Crippen LogP contribution is -2.51. The molecule has 1 aliphatic rings. The Hall–Kier alpha value is -3.06. The number of rotatable bonds is 7. The van der Waals surface area contributed by atoms with E-state index < -0.39 is 6.04 Å². The molecule has 0 aliphatic carbocycles. The van der Waals surface area contributed by atoms with Gasteiger partial charge in [0.25, 0.3) is 0 Å². The molecule has 0 radical (unpaired) electrons. The highest BCUT2D eigenvalue weighted by Gasteiger charge is 2.22. The minimum atomic E-state index is -0.434. The summed E-state index contributed by atoms with van der Waals surface area (Å²) in [5.74, 6) is -0.605. The first-order valence-electron chi connectivity index (χ1n) is 10.3. The van der Waals surface area contributed by atoms with Gasteiger partial charge in [0.05, 0.1) is 19.0 Å². The number of piperazine rings is 1. The molecule has 1 heterocycles. The van der Waals surface area contributed by atoms with Crippen LogP contribution >= 0.6 is 11.6 Å². The first-order chi connectivity index (χ1) is 14.9. The van der Waals surface area contributed by atoms with Crippen LogP contribution in [0.25, 0.3) is 0 Å². The van der Waals surface area contributed by atoms with Gasteiger partial charge in [-0.3, -0.25) is 14.4 Å². The normalized spacial score (nSPS) is 14.6. The van der Waals surface area contributed by atoms with E-state index in [0.29, 0.717) is 18.1 Å². The molecule has 0 aromatic heterocycles. The average molecular weight is 443 g/mol. The molecule has 1 fully saturated rings. The third-order valence-corrected chi connectivity index (χ3v) is 5.48. The lowest BCUT2D eigenvalue weighted by Gasteiger charge is -2.36. The van der Waals surface area contributed by atoms with Crippen molar-refractivity contribution in [2.45, 2.75) is 19.4 Å². The summed E-state index contributed by atoms with van der Waals surface area (Å²) < 4.78 is 0. The molecule has 0 spiro atoms. The third-order valence-electron chi connectivity index (χ3n) is 5.23. The van der Waals surface area contributed by atoms with Crippen LogP contribution in [0.4, 0.5) is 5.69 Å². The lowest BCUT2D eigenvalue weighted by atomic mass is 10.0. The van der Waals surface area contributed by atoms with Crippen LogP contribution in [-0.4, -0.2) is 55.3 Å². The summed E-state index contributed by atoms with van der Waals surface area (Å²) in [6.07, 6.45) is 0.0707. The maximum atomic E-state index is 12.5. The number of hydrogen-bond acceptors (Lipinski definition) is 4. The zero-order chi connectivity index (χ0) is 22.2. The van der Waals surface area contributed by atoms with E-state index in [2.05, 4.69) is 15.5 Å². The van der Waals surface area contributed by atoms with Crippen molar-refractivity contribution in [3.63, 3.8) is 0 Å². The van der Waals surface area contributed by atoms with Gasteiger partial charge in [-0.25, -0.2) is 0 Å². The van der Waals surface area contributed by atoms with Crippen molar-refractivity contribution >= 4 is 35.0 Å². The minimum absolute atomic E-state index is 0.0542. The van der Waals surface area contributed by atoms with E-state index in [9.17, 15) is 14.4 Å². The molecule has 3 rings (SSSR count). The molecule has 1 saturated heterocycles. The first-order valence-corrected chi connectivity index (χ1v) is 10.7. The van der Waals surface area contributed by atoms with Crippen molar-refractivity contribution in [1.29, 1.82) is 0 Å². The zero-order valence-corrected chi connectivity index (χ0v) is 18.3. The fraction of sp³-hybridized carbons (Fsp3) is 0.348. The molecular weight excluding hydrogens is 416 g/mol. The molecule has 0 bridgehead atoms. The number of amides is 3. The molecule has 8 heteroatoms. The number of halogens is 1. The molecule has 2 aromatic rings. The average Bonchev–Trinajstić information content (AvgIpc) is 2.78. The first kappa shape index (κ1) is 22.6. The summed E-state index contributed by atoms with van der Waals surface area (Å²) in [7, 11) is 0. The van der Waals surface area contributed by atoms with E-state index in [0.717, 1.165) is 24.3 Å². The number of carbonyl (C=O) groups excluding carboxylic acids is 3.